The molecule has 0 aliphatic carbocycles. The van der Waals surface area contributed by atoms with Crippen molar-refractivity contribution in [2.24, 2.45) is 0 Å². The number of carbonyl (C=O) groups excluding carboxylic acids is 1. The Morgan fingerprint density at radius 1 is 1.10 bits per heavy atom. The van der Waals surface area contributed by atoms with Crippen LogP contribution in [0.5, 0.6) is 11.5 Å². The van der Waals surface area contributed by atoms with Crippen molar-refractivity contribution in [1.82, 2.24) is 0 Å². The van der Waals surface area contributed by atoms with E-state index in [9.17, 15) is 9.90 Å². The molecule has 0 saturated carbocycles. The third-order valence-corrected chi connectivity index (χ3v) is 2.83. The molecule has 2 aromatic rings. The highest BCUT2D eigenvalue weighted by Gasteiger charge is 2.14. The number of esters is 1. The summed E-state index contributed by atoms with van der Waals surface area (Å²) in [6.45, 7) is 0. The molecule has 0 unspecified atom stereocenters. The predicted molar refractivity (Wildman–Crippen MR) is 78.4 cm³/mol. The van der Waals surface area contributed by atoms with Gasteiger partial charge in [0.2, 0.25) is 0 Å². The van der Waals surface area contributed by atoms with Gasteiger partial charge in [0.25, 0.3) is 0 Å². The summed E-state index contributed by atoms with van der Waals surface area (Å²) < 4.78 is 9.72. The summed E-state index contributed by atoms with van der Waals surface area (Å²) in [5.74, 6) is 5.31. The zero-order valence-corrected chi connectivity index (χ0v) is 11.7. The van der Waals surface area contributed by atoms with Crippen LogP contribution in [0.25, 0.3) is 0 Å². The van der Waals surface area contributed by atoms with Crippen molar-refractivity contribution in [1.29, 1.82) is 0 Å². The van der Waals surface area contributed by atoms with Gasteiger partial charge < -0.3 is 14.6 Å². The van der Waals surface area contributed by atoms with Crippen LogP contribution in [-0.2, 0) is 4.74 Å². The Bertz CT molecular complexity index is 709. The Kier molecular flexibility index (Phi) is 4.47. The summed E-state index contributed by atoms with van der Waals surface area (Å²) in [6.07, 6.45) is 0. The van der Waals surface area contributed by atoms with Crippen molar-refractivity contribution in [3.63, 3.8) is 0 Å². The summed E-state index contributed by atoms with van der Waals surface area (Å²) >= 11 is 0. The Morgan fingerprint density at radius 3 is 2.43 bits per heavy atom. The van der Waals surface area contributed by atoms with Crippen LogP contribution in [0, 0.1) is 11.8 Å². The van der Waals surface area contributed by atoms with Gasteiger partial charge in [0.15, 0.2) is 11.5 Å². The zero-order valence-electron chi connectivity index (χ0n) is 11.7. The molecule has 0 atom stereocenters. The molecule has 0 bridgehead atoms. The van der Waals surface area contributed by atoms with E-state index in [1.807, 2.05) is 30.3 Å². The first-order valence-corrected chi connectivity index (χ1v) is 6.22. The van der Waals surface area contributed by atoms with E-state index in [0.717, 1.165) is 5.56 Å². The first-order chi connectivity index (χ1) is 10.2. The molecule has 1 N–H and O–H groups in total. The quantitative estimate of drug-likeness (QED) is 0.679. The molecule has 4 nitrogen and oxygen atoms in total. The fourth-order valence-corrected chi connectivity index (χ4v) is 1.76. The monoisotopic (exact) mass is 282 g/mol. The minimum atomic E-state index is -0.518. The molecular weight excluding hydrogens is 268 g/mol. The van der Waals surface area contributed by atoms with E-state index in [4.69, 9.17) is 4.74 Å². The SMILES string of the molecule is COC(=O)c1cc(C#Cc2ccccc2)c(O)c(OC)c1. The van der Waals surface area contributed by atoms with Gasteiger partial charge in [0.1, 0.15) is 0 Å². The van der Waals surface area contributed by atoms with Crippen LogP contribution in [-0.4, -0.2) is 25.3 Å². The zero-order chi connectivity index (χ0) is 15.2. The maximum Gasteiger partial charge on any atom is 0.338 e. The van der Waals surface area contributed by atoms with Crippen molar-refractivity contribution in [3.8, 4) is 23.3 Å². The Balaban J connectivity index is 2.48. The van der Waals surface area contributed by atoms with Gasteiger partial charge in [0.05, 0.1) is 25.3 Å². The molecule has 0 aliphatic heterocycles. The highest BCUT2D eigenvalue weighted by atomic mass is 16.5. The van der Waals surface area contributed by atoms with Crippen LogP contribution in [0.1, 0.15) is 21.5 Å². The smallest absolute Gasteiger partial charge is 0.338 e. The molecule has 0 aromatic heterocycles. The lowest BCUT2D eigenvalue weighted by atomic mass is 10.1. The summed E-state index contributed by atoms with van der Waals surface area (Å²) in [6, 6.07) is 12.2. The maximum atomic E-state index is 11.6. The number of hydrogen-bond donors (Lipinski definition) is 1. The molecule has 0 heterocycles. The number of aromatic hydroxyl groups is 1. The Labute approximate surface area is 122 Å². The summed E-state index contributed by atoms with van der Waals surface area (Å²) in [4.78, 5) is 11.6. The summed E-state index contributed by atoms with van der Waals surface area (Å²) in [7, 11) is 2.70. The Hall–Kier alpha value is -2.93. The van der Waals surface area contributed by atoms with Crippen LogP contribution in [0.4, 0.5) is 0 Å². The number of rotatable bonds is 2. The maximum absolute atomic E-state index is 11.6. The normalized spacial score (nSPS) is 9.43. The van der Waals surface area contributed by atoms with E-state index in [-0.39, 0.29) is 17.1 Å². The minimum Gasteiger partial charge on any atom is -0.503 e. The molecule has 0 aliphatic rings. The molecular formula is C17H14O4. The number of benzene rings is 2. The fourth-order valence-electron chi connectivity index (χ4n) is 1.76. The first kappa shape index (κ1) is 14.5. The summed E-state index contributed by atoms with van der Waals surface area (Å²) in [5.41, 5.74) is 1.38. The average molecular weight is 282 g/mol. The Morgan fingerprint density at radius 2 is 1.81 bits per heavy atom. The van der Waals surface area contributed by atoms with Crippen LogP contribution < -0.4 is 4.74 Å². The van der Waals surface area contributed by atoms with Crippen molar-refractivity contribution < 1.29 is 19.4 Å². The molecule has 21 heavy (non-hydrogen) atoms. The van der Waals surface area contributed by atoms with Gasteiger partial charge in [-0.05, 0) is 24.3 Å². The van der Waals surface area contributed by atoms with E-state index < -0.39 is 5.97 Å². The molecule has 0 radical (unpaired) electrons. The molecule has 0 fully saturated rings. The lowest BCUT2D eigenvalue weighted by Crippen LogP contribution is -2.02. The number of hydrogen-bond acceptors (Lipinski definition) is 4. The van der Waals surface area contributed by atoms with E-state index in [1.54, 1.807) is 0 Å². The second kappa shape index (κ2) is 6.49. The second-order valence-corrected chi connectivity index (χ2v) is 4.18. The van der Waals surface area contributed by atoms with E-state index in [0.29, 0.717) is 5.56 Å². The van der Waals surface area contributed by atoms with E-state index in [1.165, 1.54) is 26.4 Å². The van der Waals surface area contributed by atoms with Crippen molar-refractivity contribution in [2.45, 2.75) is 0 Å². The summed E-state index contributed by atoms with van der Waals surface area (Å²) in [5, 5.41) is 10.1. The van der Waals surface area contributed by atoms with Crippen LogP contribution in [0.15, 0.2) is 42.5 Å². The standard InChI is InChI=1S/C17H14O4/c1-20-15-11-14(17(19)21-2)10-13(16(15)18)9-8-12-6-4-3-5-7-12/h3-7,10-11,18H,1-2H3. The van der Waals surface area contributed by atoms with Gasteiger partial charge in [-0.3, -0.25) is 0 Å². The molecule has 0 spiro atoms. The van der Waals surface area contributed by atoms with Gasteiger partial charge in [0, 0.05) is 5.56 Å². The van der Waals surface area contributed by atoms with Crippen LogP contribution >= 0.6 is 0 Å². The van der Waals surface area contributed by atoms with Gasteiger partial charge in [-0.1, -0.05) is 30.0 Å². The van der Waals surface area contributed by atoms with E-state index >= 15 is 0 Å². The average Bonchev–Trinajstić information content (AvgIpc) is 2.54. The number of carbonyl (C=O) groups is 1. The number of phenolic OH excluding ortho intramolecular Hbond substituents is 1. The highest BCUT2D eigenvalue weighted by Crippen LogP contribution is 2.31. The third kappa shape index (κ3) is 3.34. The first-order valence-electron chi connectivity index (χ1n) is 6.22. The second-order valence-electron chi connectivity index (χ2n) is 4.18. The van der Waals surface area contributed by atoms with Gasteiger partial charge in [-0.2, -0.15) is 0 Å². The lowest BCUT2D eigenvalue weighted by molar-refractivity contribution is 0.0600. The fraction of sp³-hybridized carbons (Fsp3) is 0.118. The number of ether oxygens (including phenoxy) is 2. The molecule has 2 rings (SSSR count). The van der Waals surface area contributed by atoms with Crippen LogP contribution in [0.2, 0.25) is 0 Å². The minimum absolute atomic E-state index is 0.103. The number of methoxy groups -OCH3 is 2. The van der Waals surface area contributed by atoms with E-state index in [2.05, 4.69) is 16.6 Å². The van der Waals surface area contributed by atoms with Crippen molar-refractivity contribution in [3.05, 3.63) is 59.2 Å². The van der Waals surface area contributed by atoms with Gasteiger partial charge in [-0.15, -0.1) is 0 Å². The highest BCUT2D eigenvalue weighted by molar-refractivity contribution is 5.91. The molecule has 4 heteroatoms. The van der Waals surface area contributed by atoms with Gasteiger partial charge >= 0.3 is 5.97 Å². The molecule has 0 amide bonds. The lowest BCUT2D eigenvalue weighted by Gasteiger charge is -2.07. The van der Waals surface area contributed by atoms with Crippen molar-refractivity contribution in [2.75, 3.05) is 14.2 Å². The number of phenols is 1. The molecule has 2 aromatic carbocycles. The third-order valence-electron chi connectivity index (χ3n) is 2.83. The van der Waals surface area contributed by atoms with Crippen molar-refractivity contribution >= 4 is 5.97 Å². The topological polar surface area (TPSA) is 55.8 Å². The molecule has 106 valence electrons. The van der Waals surface area contributed by atoms with Gasteiger partial charge in [-0.25, -0.2) is 4.79 Å². The largest absolute Gasteiger partial charge is 0.503 e. The van der Waals surface area contributed by atoms with Crippen LogP contribution in [0.3, 0.4) is 0 Å². The molecule has 0 saturated heterocycles. The predicted octanol–water partition coefficient (Wildman–Crippen LogP) is 2.59.